The van der Waals surface area contributed by atoms with Crippen molar-refractivity contribution in [2.24, 2.45) is 0 Å². The molecule has 0 unspecified atom stereocenters. The summed E-state index contributed by atoms with van der Waals surface area (Å²) in [5, 5.41) is 3.24. The van der Waals surface area contributed by atoms with Crippen LogP contribution < -0.4 is 9.61 Å². The summed E-state index contributed by atoms with van der Waals surface area (Å²) in [5.41, 5.74) is 0.291. The molecule has 20 heavy (non-hydrogen) atoms. The number of hydrogen-bond donors (Lipinski definition) is 1. The molecule has 0 bridgehead atoms. The summed E-state index contributed by atoms with van der Waals surface area (Å²) < 4.78 is 11.1. The van der Waals surface area contributed by atoms with E-state index in [4.69, 9.17) is 9.26 Å². The van der Waals surface area contributed by atoms with Crippen LogP contribution in [-0.4, -0.2) is 23.8 Å². The first-order valence-corrected chi connectivity index (χ1v) is 8.22. The monoisotopic (exact) mass is 297 g/mol. The smallest absolute Gasteiger partial charge is 0.323 e. The van der Waals surface area contributed by atoms with Gasteiger partial charge in [0.15, 0.2) is 8.30 Å². The maximum atomic E-state index is 11.8. The predicted molar refractivity (Wildman–Crippen MR) is 83.0 cm³/mol. The maximum Gasteiger partial charge on any atom is 0.323 e. The van der Waals surface area contributed by atoms with Gasteiger partial charge in [-0.05, 0) is 32.9 Å². The minimum atomic E-state index is -0.944. The number of para-hydroxylation sites is 1. The third kappa shape index (κ3) is 5.89. The van der Waals surface area contributed by atoms with Gasteiger partial charge in [0.2, 0.25) is 0 Å². The van der Waals surface area contributed by atoms with Gasteiger partial charge in [0.1, 0.15) is 11.8 Å². The second kappa shape index (κ2) is 8.23. The van der Waals surface area contributed by atoms with Crippen molar-refractivity contribution < 1.29 is 14.1 Å². The van der Waals surface area contributed by atoms with E-state index in [9.17, 15) is 4.79 Å². The van der Waals surface area contributed by atoms with Crippen molar-refractivity contribution in [1.82, 2.24) is 5.09 Å². The Morgan fingerprint density at radius 2 is 1.70 bits per heavy atom. The molecule has 0 radical (unpaired) electrons. The lowest BCUT2D eigenvalue weighted by atomic mass is 10.3. The van der Waals surface area contributed by atoms with E-state index in [1.54, 1.807) is 6.92 Å². The highest BCUT2D eigenvalue weighted by Crippen LogP contribution is 2.39. The van der Waals surface area contributed by atoms with E-state index in [1.165, 1.54) is 0 Å². The minimum Gasteiger partial charge on any atom is -0.462 e. The standard InChI is InChI=1S/C15H24NO3P/c1-11(2)18-15(17)13(5)16-20(12(3)4)19-14-9-7-6-8-10-14/h6-13,16H,1-5H3/t13-,20-/m1/s1. The van der Waals surface area contributed by atoms with Gasteiger partial charge in [-0.1, -0.05) is 32.0 Å². The summed E-state index contributed by atoms with van der Waals surface area (Å²) in [6.07, 6.45) is -0.105. The van der Waals surface area contributed by atoms with Gasteiger partial charge in [-0.15, -0.1) is 0 Å². The third-order valence-corrected chi connectivity index (χ3v) is 4.43. The van der Waals surface area contributed by atoms with Gasteiger partial charge >= 0.3 is 5.97 Å². The Morgan fingerprint density at radius 3 is 2.20 bits per heavy atom. The van der Waals surface area contributed by atoms with Crippen molar-refractivity contribution in [2.75, 3.05) is 0 Å². The maximum absolute atomic E-state index is 11.8. The molecule has 0 saturated heterocycles. The van der Waals surface area contributed by atoms with E-state index in [0.717, 1.165) is 5.75 Å². The lowest BCUT2D eigenvalue weighted by Crippen LogP contribution is -2.35. The Balaban J connectivity index is 2.61. The van der Waals surface area contributed by atoms with Crippen LogP contribution >= 0.6 is 8.30 Å². The van der Waals surface area contributed by atoms with E-state index < -0.39 is 8.30 Å². The summed E-state index contributed by atoms with van der Waals surface area (Å²) in [6, 6.07) is 9.25. The van der Waals surface area contributed by atoms with Crippen molar-refractivity contribution in [2.45, 2.75) is 52.4 Å². The number of hydrogen-bond acceptors (Lipinski definition) is 4. The molecule has 0 aliphatic rings. The number of rotatable bonds is 7. The van der Waals surface area contributed by atoms with Crippen LogP contribution in [0.5, 0.6) is 5.75 Å². The predicted octanol–water partition coefficient (Wildman–Crippen LogP) is 3.72. The van der Waals surface area contributed by atoms with Gasteiger partial charge in [-0.3, -0.25) is 9.88 Å². The highest BCUT2D eigenvalue weighted by Gasteiger charge is 2.24. The Bertz CT molecular complexity index is 409. The van der Waals surface area contributed by atoms with Crippen LogP contribution in [0.4, 0.5) is 0 Å². The molecule has 0 spiro atoms. The molecule has 5 heteroatoms. The molecule has 4 nitrogen and oxygen atoms in total. The molecule has 2 atom stereocenters. The zero-order chi connectivity index (χ0) is 15.1. The number of carbonyl (C=O) groups excluding carboxylic acids is 1. The van der Waals surface area contributed by atoms with E-state index in [0.29, 0.717) is 5.66 Å². The lowest BCUT2D eigenvalue weighted by Gasteiger charge is -2.25. The normalized spacial score (nSPS) is 14.2. The fourth-order valence-corrected chi connectivity index (χ4v) is 2.85. The molecular weight excluding hydrogens is 273 g/mol. The Hall–Kier alpha value is -1.12. The molecule has 0 aliphatic carbocycles. The zero-order valence-electron chi connectivity index (χ0n) is 12.8. The van der Waals surface area contributed by atoms with Crippen molar-refractivity contribution >= 4 is 14.3 Å². The van der Waals surface area contributed by atoms with Crippen molar-refractivity contribution in [3.63, 3.8) is 0 Å². The Morgan fingerprint density at radius 1 is 1.10 bits per heavy atom. The van der Waals surface area contributed by atoms with Gasteiger partial charge in [0, 0.05) is 5.66 Å². The fraction of sp³-hybridized carbons (Fsp3) is 0.533. The molecular formula is C15H24NO3P. The average Bonchev–Trinajstić information content (AvgIpc) is 2.38. The number of carbonyl (C=O) groups is 1. The second-order valence-corrected chi connectivity index (χ2v) is 7.29. The van der Waals surface area contributed by atoms with Gasteiger partial charge in [0.05, 0.1) is 6.10 Å². The van der Waals surface area contributed by atoms with Crippen LogP contribution in [0.25, 0.3) is 0 Å². The topological polar surface area (TPSA) is 47.6 Å². The van der Waals surface area contributed by atoms with Gasteiger partial charge in [-0.2, -0.15) is 0 Å². The third-order valence-electron chi connectivity index (χ3n) is 2.44. The summed E-state index contributed by atoms with van der Waals surface area (Å²) in [6.45, 7) is 9.63. The van der Waals surface area contributed by atoms with Crippen LogP contribution in [0.3, 0.4) is 0 Å². The first-order valence-electron chi connectivity index (χ1n) is 6.89. The van der Waals surface area contributed by atoms with Crippen LogP contribution in [-0.2, 0) is 9.53 Å². The van der Waals surface area contributed by atoms with Crippen LogP contribution in [0.1, 0.15) is 34.6 Å². The number of esters is 1. The molecule has 0 fully saturated rings. The summed E-state index contributed by atoms with van der Waals surface area (Å²) in [7, 11) is -0.944. The minimum absolute atomic E-state index is 0.105. The van der Waals surface area contributed by atoms with Gasteiger partial charge in [-0.25, -0.2) is 0 Å². The van der Waals surface area contributed by atoms with Gasteiger partial charge in [0.25, 0.3) is 0 Å². The Kier molecular flexibility index (Phi) is 6.97. The van der Waals surface area contributed by atoms with Gasteiger partial charge < -0.3 is 9.26 Å². The van der Waals surface area contributed by atoms with Crippen molar-refractivity contribution in [3.8, 4) is 5.75 Å². The SMILES string of the molecule is CC(C)OC(=O)[C@@H](C)N[P@](Oc1ccccc1)C(C)C. The fourth-order valence-electron chi connectivity index (χ4n) is 1.45. The molecule has 0 aromatic heterocycles. The zero-order valence-corrected chi connectivity index (χ0v) is 13.7. The van der Waals surface area contributed by atoms with Crippen molar-refractivity contribution in [1.29, 1.82) is 0 Å². The molecule has 0 amide bonds. The largest absolute Gasteiger partial charge is 0.462 e. The van der Waals surface area contributed by atoms with Crippen molar-refractivity contribution in [3.05, 3.63) is 30.3 Å². The van der Waals surface area contributed by atoms with E-state index in [2.05, 4.69) is 18.9 Å². The molecule has 1 N–H and O–H groups in total. The van der Waals surface area contributed by atoms with E-state index >= 15 is 0 Å². The molecule has 112 valence electrons. The first kappa shape index (κ1) is 16.9. The second-order valence-electron chi connectivity index (χ2n) is 5.16. The summed E-state index contributed by atoms with van der Waals surface area (Å²) in [4.78, 5) is 11.8. The van der Waals surface area contributed by atoms with Crippen LogP contribution in [0.15, 0.2) is 30.3 Å². The summed E-state index contributed by atoms with van der Waals surface area (Å²) >= 11 is 0. The Labute approximate surface area is 122 Å². The lowest BCUT2D eigenvalue weighted by molar-refractivity contribution is -0.148. The van der Waals surface area contributed by atoms with E-state index in [1.807, 2.05) is 44.2 Å². The molecule has 0 aliphatic heterocycles. The number of ether oxygens (including phenoxy) is 1. The first-order chi connectivity index (χ1) is 9.40. The quantitative estimate of drug-likeness (QED) is 0.615. The molecule has 1 aromatic rings. The highest BCUT2D eigenvalue weighted by molar-refractivity contribution is 7.51. The molecule has 0 heterocycles. The highest BCUT2D eigenvalue weighted by atomic mass is 31.2. The molecule has 1 rings (SSSR count). The molecule has 0 saturated carbocycles. The van der Waals surface area contributed by atoms with Crippen LogP contribution in [0, 0.1) is 0 Å². The molecule has 1 aromatic carbocycles. The van der Waals surface area contributed by atoms with Crippen LogP contribution in [0.2, 0.25) is 0 Å². The number of benzene rings is 1. The summed E-state index contributed by atoms with van der Waals surface area (Å²) in [5.74, 6) is 0.564. The number of nitrogens with one attached hydrogen (secondary N) is 1. The van der Waals surface area contributed by atoms with E-state index in [-0.39, 0.29) is 18.1 Å². The average molecular weight is 297 g/mol.